The van der Waals surface area contributed by atoms with Gasteiger partial charge in [-0.1, -0.05) is 41.9 Å². The summed E-state index contributed by atoms with van der Waals surface area (Å²) >= 11 is 5.86. The standard InChI is InChI=1S/C14H13ClN6/c15-13-12(16)14(18-9-17-13)20-11-6-19-21(8-11)7-10-4-2-1-3-5-10/h1-6,8-9H,7,16H2,(H,17,18,20). The minimum Gasteiger partial charge on any atom is -0.393 e. The second-order valence-electron chi connectivity index (χ2n) is 4.46. The molecule has 0 spiro atoms. The summed E-state index contributed by atoms with van der Waals surface area (Å²) in [6.07, 6.45) is 4.94. The van der Waals surface area contributed by atoms with Crippen LogP contribution in [0.1, 0.15) is 5.56 Å². The van der Waals surface area contributed by atoms with Crippen molar-refractivity contribution in [2.24, 2.45) is 0 Å². The molecule has 21 heavy (non-hydrogen) atoms. The van der Waals surface area contributed by atoms with Crippen LogP contribution in [0.15, 0.2) is 49.1 Å². The van der Waals surface area contributed by atoms with Gasteiger partial charge in [0.05, 0.1) is 18.4 Å². The Bertz CT molecular complexity index is 740. The van der Waals surface area contributed by atoms with Crippen LogP contribution in [0.3, 0.4) is 0 Å². The van der Waals surface area contributed by atoms with Crippen molar-refractivity contribution in [1.82, 2.24) is 19.7 Å². The van der Waals surface area contributed by atoms with E-state index in [4.69, 9.17) is 17.3 Å². The van der Waals surface area contributed by atoms with E-state index in [9.17, 15) is 0 Å². The second-order valence-corrected chi connectivity index (χ2v) is 4.82. The fourth-order valence-corrected chi connectivity index (χ4v) is 2.03. The zero-order valence-corrected chi connectivity index (χ0v) is 11.8. The maximum absolute atomic E-state index is 5.86. The third kappa shape index (κ3) is 3.11. The first-order chi connectivity index (χ1) is 10.2. The van der Waals surface area contributed by atoms with Crippen LogP contribution in [0.4, 0.5) is 17.2 Å². The Kier molecular flexibility index (Phi) is 3.70. The summed E-state index contributed by atoms with van der Waals surface area (Å²) in [5.74, 6) is 0.467. The van der Waals surface area contributed by atoms with Crippen LogP contribution in [-0.4, -0.2) is 19.7 Å². The third-order valence-electron chi connectivity index (χ3n) is 2.92. The molecule has 2 aromatic heterocycles. The number of rotatable bonds is 4. The normalized spacial score (nSPS) is 10.5. The highest BCUT2D eigenvalue weighted by Crippen LogP contribution is 2.25. The maximum Gasteiger partial charge on any atom is 0.158 e. The summed E-state index contributed by atoms with van der Waals surface area (Å²) in [4.78, 5) is 7.87. The Morgan fingerprint density at radius 1 is 1.19 bits per heavy atom. The van der Waals surface area contributed by atoms with Crippen LogP contribution < -0.4 is 11.1 Å². The van der Waals surface area contributed by atoms with Crippen molar-refractivity contribution in [3.8, 4) is 0 Å². The Morgan fingerprint density at radius 3 is 2.81 bits per heavy atom. The number of anilines is 3. The highest BCUT2D eigenvalue weighted by Gasteiger charge is 2.07. The predicted octanol–water partition coefficient (Wildman–Crippen LogP) is 2.70. The molecular weight excluding hydrogens is 288 g/mol. The molecule has 0 radical (unpaired) electrons. The monoisotopic (exact) mass is 300 g/mol. The number of nitrogens with two attached hydrogens (primary N) is 1. The molecule has 0 bridgehead atoms. The molecule has 0 amide bonds. The summed E-state index contributed by atoms with van der Waals surface area (Å²) in [6, 6.07) is 10.1. The van der Waals surface area contributed by atoms with Crippen molar-refractivity contribution >= 4 is 28.8 Å². The molecule has 3 rings (SSSR count). The number of aromatic nitrogens is 4. The van der Waals surface area contributed by atoms with Gasteiger partial charge < -0.3 is 11.1 Å². The first kappa shape index (κ1) is 13.4. The number of nitrogens with one attached hydrogen (secondary N) is 1. The molecule has 0 aliphatic rings. The van der Waals surface area contributed by atoms with E-state index >= 15 is 0 Å². The number of hydrogen-bond donors (Lipinski definition) is 2. The van der Waals surface area contributed by atoms with Crippen LogP contribution in [0.2, 0.25) is 5.15 Å². The zero-order chi connectivity index (χ0) is 14.7. The Morgan fingerprint density at radius 2 is 2.00 bits per heavy atom. The lowest BCUT2D eigenvalue weighted by molar-refractivity contribution is 0.687. The van der Waals surface area contributed by atoms with E-state index in [-0.39, 0.29) is 5.15 Å². The van der Waals surface area contributed by atoms with Gasteiger partial charge in [0.1, 0.15) is 12.0 Å². The fourth-order valence-electron chi connectivity index (χ4n) is 1.90. The van der Waals surface area contributed by atoms with E-state index in [1.165, 1.54) is 11.9 Å². The number of benzene rings is 1. The van der Waals surface area contributed by atoms with Gasteiger partial charge in [-0.2, -0.15) is 5.10 Å². The fraction of sp³-hybridized carbons (Fsp3) is 0.0714. The molecule has 0 fully saturated rings. The maximum atomic E-state index is 5.86. The minimum absolute atomic E-state index is 0.226. The van der Waals surface area contributed by atoms with E-state index in [1.807, 2.05) is 29.1 Å². The molecule has 0 aliphatic carbocycles. The molecule has 0 unspecified atom stereocenters. The van der Waals surface area contributed by atoms with Gasteiger partial charge >= 0.3 is 0 Å². The highest BCUT2D eigenvalue weighted by atomic mass is 35.5. The van der Waals surface area contributed by atoms with Gasteiger partial charge in [0.25, 0.3) is 0 Å². The van der Waals surface area contributed by atoms with Crippen molar-refractivity contribution in [3.05, 3.63) is 59.8 Å². The van der Waals surface area contributed by atoms with Crippen molar-refractivity contribution in [3.63, 3.8) is 0 Å². The smallest absolute Gasteiger partial charge is 0.158 e. The summed E-state index contributed by atoms with van der Waals surface area (Å²) < 4.78 is 1.83. The largest absolute Gasteiger partial charge is 0.393 e. The molecule has 0 atom stereocenters. The third-order valence-corrected chi connectivity index (χ3v) is 3.22. The zero-order valence-electron chi connectivity index (χ0n) is 11.1. The molecule has 0 saturated heterocycles. The summed E-state index contributed by atoms with van der Waals surface area (Å²) in [5, 5.41) is 7.60. The van der Waals surface area contributed by atoms with Gasteiger partial charge in [0.2, 0.25) is 0 Å². The van der Waals surface area contributed by atoms with E-state index < -0.39 is 0 Å². The van der Waals surface area contributed by atoms with Crippen molar-refractivity contribution < 1.29 is 0 Å². The average Bonchev–Trinajstić information content (AvgIpc) is 2.92. The van der Waals surface area contributed by atoms with Crippen molar-refractivity contribution in [1.29, 1.82) is 0 Å². The SMILES string of the molecule is Nc1c(Cl)ncnc1Nc1cnn(Cc2ccccc2)c1. The van der Waals surface area contributed by atoms with Crippen molar-refractivity contribution in [2.75, 3.05) is 11.1 Å². The Labute approximate surface area is 126 Å². The van der Waals surface area contributed by atoms with E-state index in [1.54, 1.807) is 6.20 Å². The van der Waals surface area contributed by atoms with E-state index in [0.29, 0.717) is 18.1 Å². The molecule has 0 aliphatic heterocycles. The molecule has 3 aromatic rings. The highest BCUT2D eigenvalue weighted by molar-refractivity contribution is 6.32. The average molecular weight is 301 g/mol. The Balaban J connectivity index is 1.75. The topological polar surface area (TPSA) is 81.7 Å². The van der Waals surface area contributed by atoms with Crippen LogP contribution in [0, 0.1) is 0 Å². The van der Waals surface area contributed by atoms with Gasteiger partial charge in [0, 0.05) is 6.20 Å². The first-order valence-corrected chi connectivity index (χ1v) is 6.69. The van der Waals surface area contributed by atoms with Crippen LogP contribution in [0.5, 0.6) is 0 Å². The first-order valence-electron chi connectivity index (χ1n) is 6.32. The number of nitrogens with zero attached hydrogens (tertiary/aromatic N) is 4. The molecule has 6 nitrogen and oxygen atoms in total. The van der Waals surface area contributed by atoms with Gasteiger partial charge in [-0.15, -0.1) is 0 Å². The lowest BCUT2D eigenvalue weighted by Crippen LogP contribution is -2.01. The van der Waals surface area contributed by atoms with Gasteiger partial charge in [0.15, 0.2) is 11.0 Å². The molecule has 1 aromatic carbocycles. The molecule has 2 heterocycles. The van der Waals surface area contributed by atoms with E-state index in [2.05, 4.69) is 32.5 Å². The van der Waals surface area contributed by atoms with E-state index in [0.717, 1.165) is 5.69 Å². The summed E-state index contributed by atoms with van der Waals surface area (Å²) in [5.41, 5.74) is 8.09. The van der Waals surface area contributed by atoms with Gasteiger partial charge in [-0.05, 0) is 5.56 Å². The lowest BCUT2D eigenvalue weighted by Gasteiger charge is -2.06. The Hall–Kier alpha value is -2.60. The number of hydrogen-bond acceptors (Lipinski definition) is 5. The minimum atomic E-state index is 0.226. The van der Waals surface area contributed by atoms with Gasteiger partial charge in [-0.3, -0.25) is 4.68 Å². The summed E-state index contributed by atoms with van der Waals surface area (Å²) in [7, 11) is 0. The molecule has 7 heteroatoms. The molecule has 3 N–H and O–H groups in total. The quantitative estimate of drug-likeness (QED) is 0.724. The predicted molar refractivity (Wildman–Crippen MR) is 82.5 cm³/mol. The molecular formula is C14H13ClN6. The van der Waals surface area contributed by atoms with Crippen LogP contribution >= 0.6 is 11.6 Å². The summed E-state index contributed by atoms with van der Waals surface area (Å²) in [6.45, 7) is 0.697. The molecule has 106 valence electrons. The number of halogens is 1. The second kappa shape index (κ2) is 5.80. The number of nitrogen functional groups attached to an aromatic ring is 1. The van der Waals surface area contributed by atoms with Crippen LogP contribution in [0.25, 0.3) is 0 Å². The van der Waals surface area contributed by atoms with Gasteiger partial charge in [-0.25, -0.2) is 9.97 Å². The lowest BCUT2D eigenvalue weighted by atomic mass is 10.2. The molecule has 0 saturated carbocycles. The van der Waals surface area contributed by atoms with Crippen molar-refractivity contribution in [2.45, 2.75) is 6.54 Å². The van der Waals surface area contributed by atoms with Crippen LogP contribution in [-0.2, 0) is 6.54 Å².